The fraction of sp³-hybridized carbons (Fsp3) is 0.0286. The summed E-state index contributed by atoms with van der Waals surface area (Å²) < 4.78 is 2.57. The largest absolute Gasteiger partial charge is 0.311 e. The number of hydrogen-bond acceptors (Lipinski definition) is 2. The third-order valence-electron chi connectivity index (χ3n) is 26.6. The molecule has 0 saturated heterocycles. The van der Waals surface area contributed by atoms with Gasteiger partial charge in [0, 0.05) is 50.5 Å². The predicted molar refractivity (Wildman–Crippen MR) is 449 cm³/mol. The van der Waals surface area contributed by atoms with Crippen LogP contribution < -0.4 is 26.2 Å². The maximum absolute atomic E-state index is 2.80. The average Bonchev–Trinajstić information content (AvgIpc) is 1.55. The summed E-state index contributed by atoms with van der Waals surface area (Å²) in [5, 5.41) is 2.44. The van der Waals surface area contributed by atoms with E-state index in [-0.39, 0.29) is 6.71 Å². The van der Waals surface area contributed by atoms with Crippen LogP contribution >= 0.6 is 0 Å². The number of hydrogen-bond donors (Lipinski definition) is 0. The molecule has 500 valence electrons. The van der Waals surface area contributed by atoms with Crippen molar-refractivity contribution in [2.75, 3.05) is 9.80 Å². The number of para-hydroxylation sites is 2. The highest BCUT2D eigenvalue weighted by Gasteiger charge is 2.60. The molecule has 0 radical (unpaired) electrons. The molecule has 18 aromatic rings. The van der Waals surface area contributed by atoms with Crippen molar-refractivity contribution < 1.29 is 0 Å². The number of fused-ring (bicyclic) bond motifs is 39. The zero-order valence-electron chi connectivity index (χ0n) is 59.2. The molecule has 0 unspecified atom stereocenters. The van der Waals surface area contributed by atoms with Gasteiger partial charge in [-0.3, -0.25) is 0 Å². The zero-order valence-corrected chi connectivity index (χ0v) is 59.2. The molecule has 3 nitrogen and oxygen atoms in total. The van der Waals surface area contributed by atoms with Crippen LogP contribution in [0.4, 0.5) is 34.1 Å². The summed E-state index contributed by atoms with van der Waals surface area (Å²) in [6.45, 7) is -0.318. The van der Waals surface area contributed by atoms with Crippen LogP contribution in [-0.2, 0) is 16.2 Å². The SMILES string of the molecule is c1ccc(-c2ccc(N3c4cc(-n5c6ccccc6c6ccccc65)cc5c4B(c4ccc6c(c4N5c4ccc5c(c4)-c4ccccc4C54c5ccccc5-c5ccccc54)-c4ccccc4C64c5ccccc5-c5ccccc54)c4c3ccc3c4C4(c5ccccc5-c5ccccc54)c4ccccc4-3)cc2)cc1. The molecule has 0 atom stereocenters. The van der Waals surface area contributed by atoms with E-state index in [0.29, 0.717) is 0 Å². The first-order valence-electron chi connectivity index (χ1n) is 38.4. The lowest BCUT2D eigenvalue weighted by Crippen LogP contribution is -2.63. The molecule has 26 rings (SSSR count). The van der Waals surface area contributed by atoms with E-state index in [1.807, 2.05) is 0 Å². The first-order valence-corrected chi connectivity index (χ1v) is 38.4. The van der Waals surface area contributed by atoms with Crippen molar-refractivity contribution in [3.8, 4) is 83.6 Å². The highest BCUT2D eigenvalue weighted by Crippen LogP contribution is 2.69. The van der Waals surface area contributed by atoms with Gasteiger partial charge in [0.05, 0.1) is 33.0 Å². The molecular weight excluding hydrogens is 1310 g/mol. The maximum Gasteiger partial charge on any atom is 0.252 e. The second-order valence-corrected chi connectivity index (χ2v) is 31.0. The van der Waals surface area contributed by atoms with Crippen LogP contribution in [0.25, 0.3) is 105 Å². The Morgan fingerprint density at radius 2 is 0.596 bits per heavy atom. The number of benzene rings is 17. The van der Waals surface area contributed by atoms with Crippen LogP contribution in [0.3, 0.4) is 0 Å². The third kappa shape index (κ3) is 6.92. The highest BCUT2D eigenvalue weighted by atomic mass is 15.2. The molecule has 0 bridgehead atoms. The number of rotatable bonds is 4. The minimum absolute atomic E-state index is 0.318. The molecule has 6 aliphatic carbocycles. The van der Waals surface area contributed by atoms with E-state index in [9.17, 15) is 0 Å². The van der Waals surface area contributed by atoms with Gasteiger partial charge in [0.2, 0.25) is 0 Å². The van der Waals surface area contributed by atoms with Crippen molar-refractivity contribution in [3.05, 3.63) is 443 Å². The van der Waals surface area contributed by atoms with Gasteiger partial charge in [0.25, 0.3) is 6.71 Å². The van der Waals surface area contributed by atoms with Gasteiger partial charge in [-0.2, -0.15) is 0 Å². The van der Waals surface area contributed by atoms with E-state index in [1.165, 1.54) is 183 Å². The quantitative estimate of drug-likeness (QED) is 0.163. The van der Waals surface area contributed by atoms with E-state index in [2.05, 4.69) is 390 Å². The molecule has 0 saturated carbocycles. The molecule has 3 spiro atoms. The molecule has 1 aromatic heterocycles. The zero-order chi connectivity index (χ0) is 70.7. The molecule has 2 aliphatic heterocycles. The van der Waals surface area contributed by atoms with Gasteiger partial charge in [0.15, 0.2) is 0 Å². The van der Waals surface area contributed by atoms with Gasteiger partial charge in [-0.05, 0) is 210 Å². The van der Waals surface area contributed by atoms with Gasteiger partial charge in [-0.25, -0.2) is 0 Å². The molecule has 109 heavy (non-hydrogen) atoms. The minimum atomic E-state index is -0.698. The third-order valence-corrected chi connectivity index (χ3v) is 26.6. The van der Waals surface area contributed by atoms with Crippen LogP contribution in [0.5, 0.6) is 0 Å². The van der Waals surface area contributed by atoms with Gasteiger partial charge in [-0.15, -0.1) is 0 Å². The molecule has 4 heteroatoms. The van der Waals surface area contributed by atoms with Crippen molar-refractivity contribution in [1.29, 1.82) is 0 Å². The average molecular weight is 1380 g/mol. The normalized spacial score (nSPS) is 15.0. The summed E-state index contributed by atoms with van der Waals surface area (Å²) in [5.41, 5.74) is 45.9. The van der Waals surface area contributed by atoms with Crippen LogP contribution in [0.1, 0.15) is 66.8 Å². The lowest BCUT2D eigenvalue weighted by atomic mass is 9.31. The first kappa shape index (κ1) is 58.5. The lowest BCUT2D eigenvalue weighted by Gasteiger charge is -2.47. The predicted octanol–water partition coefficient (Wildman–Crippen LogP) is 23.6. The fourth-order valence-electron chi connectivity index (χ4n) is 22.9. The Labute approximate surface area is 631 Å². The van der Waals surface area contributed by atoms with E-state index in [4.69, 9.17) is 0 Å². The van der Waals surface area contributed by atoms with E-state index in [1.54, 1.807) is 0 Å². The smallest absolute Gasteiger partial charge is 0.252 e. The van der Waals surface area contributed by atoms with Crippen molar-refractivity contribution in [2.45, 2.75) is 16.2 Å². The van der Waals surface area contributed by atoms with Gasteiger partial charge < -0.3 is 14.4 Å². The summed E-state index contributed by atoms with van der Waals surface area (Å²) in [6.07, 6.45) is 0. The molecule has 17 aromatic carbocycles. The second kappa shape index (κ2) is 20.8. The summed E-state index contributed by atoms with van der Waals surface area (Å²) in [7, 11) is 0. The van der Waals surface area contributed by atoms with Crippen molar-refractivity contribution in [3.63, 3.8) is 0 Å². The van der Waals surface area contributed by atoms with Gasteiger partial charge >= 0.3 is 0 Å². The summed E-state index contributed by atoms with van der Waals surface area (Å²) in [6, 6.07) is 146. The van der Waals surface area contributed by atoms with Crippen LogP contribution in [-0.4, -0.2) is 11.3 Å². The molecule has 3 heterocycles. The Hall–Kier alpha value is -13.8. The topological polar surface area (TPSA) is 11.4 Å². The van der Waals surface area contributed by atoms with Crippen LogP contribution in [0.2, 0.25) is 0 Å². The molecule has 0 fully saturated rings. The fourth-order valence-corrected chi connectivity index (χ4v) is 22.9. The molecule has 0 N–H and O–H groups in total. The Morgan fingerprint density at radius 1 is 0.220 bits per heavy atom. The molecule has 0 amide bonds. The molecular formula is C105H62BN3. The Morgan fingerprint density at radius 3 is 1.11 bits per heavy atom. The highest BCUT2D eigenvalue weighted by molar-refractivity contribution is 7.01. The summed E-state index contributed by atoms with van der Waals surface area (Å²) in [4.78, 5) is 5.48. The number of aromatic nitrogens is 1. The first-order chi connectivity index (χ1) is 54.1. The summed E-state index contributed by atoms with van der Waals surface area (Å²) in [5.74, 6) is 0. The van der Waals surface area contributed by atoms with Gasteiger partial charge in [-0.1, -0.05) is 322 Å². The Kier molecular flexibility index (Phi) is 11.2. The van der Waals surface area contributed by atoms with Crippen molar-refractivity contribution >= 4 is 79.0 Å². The number of nitrogens with zero attached hydrogens (tertiary/aromatic N) is 3. The monoisotopic (exact) mass is 1380 g/mol. The van der Waals surface area contributed by atoms with E-state index >= 15 is 0 Å². The second-order valence-electron chi connectivity index (χ2n) is 31.0. The minimum Gasteiger partial charge on any atom is -0.311 e. The molecule has 8 aliphatic rings. The lowest BCUT2D eigenvalue weighted by molar-refractivity contribution is 0.793. The maximum atomic E-state index is 2.80. The standard InChI is InChI=1S/C105H62BN3/c1-2-26-63(27-3-1)64-50-52-65(53-51-64)107-95-59-55-78-74-34-10-22-46-88(74)105(86-44-20-8-32-72(86)73-33-9-21-45-87(73)105)99(78)101(95)106-92-58-57-91-98(79-38-12-23-47-89(79)104(91)83-41-17-6-30-70(83)71-31-7-18-42-84(71)104)102(92)109(97-62-67(61-96(107)100(97)106)108-93-48-24-13-36-76(93)77-37-14-25-49-94(77)108)66-54-56-90-80(60-66)75-35-11-19-43-85(75)103(90)81-39-15-4-28-68(81)69-29-5-16-40-82(69)103/h1-62H. The van der Waals surface area contributed by atoms with E-state index in [0.717, 1.165) is 39.5 Å². The Bertz CT molecular complexity index is 6950. The van der Waals surface area contributed by atoms with Crippen molar-refractivity contribution in [2.24, 2.45) is 0 Å². The van der Waals surface area contributed by atoms with Gasteiger partial charge in [0.1, 0.15) is 0 Å². The number of anilines is 6. The van der Waals surface area contributed by atoms with Crippen molar-refractivity contribution in [1.82, 2.24) is 4.57 Å². The summed E-state index contributed by atoms with van der Waals surface area (Å²) >= 11 is 0. The van der Waals surface area contributed by atoms with Crippen LogP contribution in [0.15, 0.2) is 376 Å². The van der Waals surface area contributed by atoms with E-state index < -0.39 is 16.2 Å². The van der Waals surface area contributed by atoms with Crippen LogP contribution in [0, 0.1) is 0 Å². The Balaban J connectivity index is 0.854.